The van der Waals surface area contributed by atoms with E-state index in [0.29, 0.717) is 49.5 Å². The Labute approximate surface area is 208 Å². The summed E-state index contributed by atoms with van der Waals surface area (Å²) in [6.07, 6.45) is 6.63. The molecule has 1 saturated heterocycles. The third-order valence-corrected chi connectivity index (χ3v) is 7.14. The second-order valence-electron chi connectivity index (χ2n) is 9.04. The number of benzene rings is 1. The van der Waals surface area contributed by atoms with Crippen molar-refractivity contribution in [3.8, 4) is 11.6 Å². The van der Waals surface area contributed by atoms with E-state index in [0.717, 1.165) is 25.9 Å². The molecule has 0 amide bonds. The van der Waals surface area contributed by atoms with E-state index >= 15 is 0 Å². The van der Waals surface area contributed by atoms with E-state index in [1.54, 1.807) is 30.5 Å². The quantitative estimate of drug-likeness (QED) is 0.311. The van der Waals surface area contributed by atoms with Crippen LogP contribution in [0.2, 0.25) is 10.0 Å². The van der Waals surface area contributed by atoms with Crippen LogP contribution < -0.4 is 20.5 Å². The van der Waals surface area contributed by atoms with Crippen molar-refractivity contribution in [2.24, 2.45) is 5.41 Å². The van der Waals surface area contributed by atoms with Crippen LogP contribution in [0.5, 0.6) is 11.6 Å². The van der Waals surface area contributed by atoms with Crippen molar-refractivity contribution in [1.29, 1.82) is 5.41 Å². The lowest BCUT2D eigenvalue weighted by atomic mass is 9.63. The third-order valence-electron chi connectivity index (χ3n) is 6.54. The van der Waals surface area contributed by atoms with Crippen molar-refractivity contribution in [2.45, 2.75) is 32.0 Å². The van der Waals surface area contributed by atoms with Crippen LogP contribution >= 0.6 is 23.2 Å². The maximum absolute atomic E-state index is 8.69. The zero-order valence-electron chi connectivity index (χ0n) is 18.6. The van der Waals surface area contributed by atoms with Crippen molar-refractivity contribution < 1.29 is 9.47 Å². The first kappa shape index (κ1) is 22.9. The fourth-order valence-corrected chi connectivity index (χ4v) is 5.25. The Morgan fingerprint density at radius 3 is 2.50 bits per heavy atom. The van der Waals surface area contributed by atoms with Gasteiger partial charge in [0.15, 0.2) is 0 Å². The van der Waals surface area contributed by atoms with Gasteiger partial charge in [-0.25, -0.2) is 4.98 Å². The first-order valence-corrected chi connectivity index (χ1v) is 11.9. The van der Waals surface area contributed by atoms with Crippen LogP contribution in [0.1, 0.15) is 42.6 Å². The minimum atomic E-state index is -0.423. The molecule has 2 fully saturated rings. The molecule has 5 rings (SSSR count). The number of aromatic nitrogens is 2. The number of pyridine rings is 2. The summed E-state index contributed by atoms with van der Waals surface area (Å²) in [6, 6.07) is 8.84. The van der Waals surface area contributed by atoms with Crippen molar-refractivity contribution in [3.05, 3.63) is 75.7 Å². The molecule has 0 unspecified atom stereocenters. The highest BCUT2D eigenvalue weighted by molar-refractivity contribution is 6.35. The number of nitrogens with zero attached hydrogens (tertiary/aromatic N) is 2. The summed E-state index contributed by atoms with van der Waals surface area (Å²) in [5.41, 5.74) is 9.19. The van der Waals surface area contributed by atoms with Crippen LogP contribution in [-0.2, 0) is 0 Å². The zero-order valence-corrected chi connectivity index (χ0v) is 20.2. The predicted octanol–water partition coefficient (Wildman–Crippen LogP) is 5.05. The smallest absolute Gasteiger partial charge is 0.213 e. The molecular formula is C25H25Cl2N5O2. The summed E-state index contributed by atoms with van der Waals surface area (Å²) in [5.74, 6) is 1.12. The average molecular weight is 498 g/mol. The second kappa shape index (κ2) is 9.06. The standard InChI is InChI=1S/C25H25Cl2N5O2/c1-14(23-19(26)10-30-11-20(23)27)33-16-3-4-21(28)18(6-16)24(29)15-2-5-22(32-9-15)34-17-7-25(8-17)12-31-13-25/h2-6,9-11,14,17,29,31H,7-8,12-13,28H2,1H3/t14-/m1/s1. The van der Waals surface area contributed by atoms with Crippen LogP contribution in [-0.4, -0.2) is 34.9 Å². The van der Waals surface area contributed by atoms with Gasteiger partial charge in [0.2, 0.25) is 5.88 Å². The molecule has 4 N–H and O–H groups in total. The highest BCUT2D eigenvalue weighted by Gasteiger charge is 2.49. The molecule has 34 heavy (non-hydrogen) atoms. The monoisotopic (exact) mass is 497 g/mol. The molecule has 2 aromatic heterocycles. The molecule has 3 heterocycles. The van der Waals surface area contributed by atoms with E-state index in [1.807, 2.05) is 13.0 Å². The molecule has 2 aliphatic rings. The molecule has 3 aromatic rings. The number of nitrogen functional groups attached to an aromatic ring is 1. The number of nitrogens with two attached hydrogens (primary N) is 1. The van der Waals surface area contributed by atoms with Crippen LogP contribution in [0.15, 0.2) is 48.9 Å². The van der Waals surface area contributed by atoms with Crippen molar-refractivity contribution in [1.82, 2.24) is 15.3 Å². The fraction of sp³-hybridized carbons (Fsp3) is 0.320. The molecule has 1 spiro atoms. The zero-order chi connectivity index (χ0) is 23.9. The van der Waals surface area contributed by atoms with Gasteiger partial charge in [-0.1, -0.05) is 23.2 Å². The maximum Gasteiger partial charge on any atom is 0.213 e. The Morgan fingerprint density at radius 1 is 1.15 bits per heavy atom. The maximum atomic E-state index is 8.69. The highest BCUT2D eigenvalue weighted by atomic mass is 35.5. The Morgan fingerprint density at radius 2 is 1.88 bits per heavy atom. The number of hydrogen-bond acceptors (Lipinski definition) is 7. The molecule has 1 atom stereocenters. The Hall–Kier alpha value is -2.87. The first-order chi connectivity index (χ1) is 16.3. The van der Waals surface area contributed by atoms with E-state index in [1.165, 1.54) is 12.4 Å². The third kappa shape index (κ3) is 4.43. The van der Waals surface area contributed by atoms with Crippen LogP contribution in [0, 0.1) is 10.8 Å². The normalized spacial score (nSPS) is 17.5. The number of halogens is 2. The summed E-state index contributed by atoms with van der Waals surface area (Å²) in [6.45, 7) is 4.02. The summed E-state index contributed by atoms with van der Waals surface area (Å²) in [5, 5.41) is 12.9. The van der Waals surface area contributed by atoms with Crippen molar-refractivity contribution in [3.63, 3.8) is 0 Å². The molecule has 9 heteroatoms. The molecule has 1 aliphatic carbocycles. The molecule has 1 aliphatic heterocycles. The average Bonchev–Trinajstić information content (AvgIpc) is 2.76. The van der Waals surface area contributed by atoms with Crippen LogP contribution in [0.4, 0.5) is 5.69 Å². The molecule has 0 radical (unpaired) electrons. The van der Waals surface area contributed by atoms with Gasteiger partial charge in [0.25, 0.3) is 0 Å². The lowest BCUT2D eigenvalue weighted by Gasteiger charge is -2.53. The van der Waals surface area contributed by atoms with E-state index in [9.17, 15) is 0 Å². The molecule has 1 saturated carbocycles. The topological polar surface area (TPSA) is 106 Å². The number of anilines is 1. The number of ether oxygens (including phenoxy) is 2. The van der Waals surface area contributed by atoms with Gasteiger partial charge in [0.05, 0.1) is 15.8 Å². The Bertz CT molecular complexity index is 1200. The van der Waals surface area contributed by atoms with Gasteiger partial charge in [-0.05, 0) is 44.0 Å². The summed E-state index contributed by atoms with van der Waals surface area (Å²) >= 11 is 12.5. The second-order valence-corrected chi connectivity index (χ2v) is 9.85. The minimum absolute atomic E-state index is 0.216. The molecule has 7 nitrogen and oxygen atoms in total. The summed E-state index contributed by atoms with van der Waals surface area (Å²) < 4.78 is 12.1. The van der Waals surface area contributed by atoms with Gasteiger partial charge in [-0.15, -0.1) is 0 Å². The summed E-state index contributed by atoms with van der Waals surface area (Å²) in [7, 11) is 0. The van der Waals surface area contributed by atoms with Gasteiger partial charge < -0.3 is 20.5 Å². The molecular weight excluding hydrogens is 473 g/mol. The largest absolute Gasteiger partial charge is 0.486 e. The lowest BCUT2D eigenvalue weighted by molar-refractivity contribution is -0.0513. The highest BCUT2D eigenvalue weighted by Crippen LogP contribution is 2.45. The first-order valence-electron chi connectivity index (χ1n) is 11.1. The minimum Gasteiger partial charge on any atom is -0.486 e. The van der Waals surface area contributed by atoms with Gasteiger partial charge >= 0.3 is 0 Å². The van der Waals surface area contributed by atoms with E-state index in [2.05, 4.69) is 15.3 Å². The van der Waals surface area contributed by atoms with Gasteiger partial charge in [0, 0.05) is 65.5 Å². The number of rotatable bonds is 7. The van der Waals surface area contributed by atoms with E-state index in [-0.39, 0.29) is 11.8 Å². The number of hydrogen-bond donors (Lipinski definition) is 3. The van der Waals surface area contributed by atoms with E-state index < -0.39 is 6.10 Å². The SMILES string of the molecule is C[C@@H](Oc1ccc(N)c(C(=N)c2ccc(OC3CC4(CNC4)C3)nc2)c1)c1c(Cl)cncc1Cl. The molecule has 1 aromatic carbocycles. The molecule has 0 bridgehead atoms. The van der Waals surface area contributed by atoms with Crippen molar-refractivity contribution >= 4 is 34.6 Å². The summed E-state index contributed by atoms with van der Waals surface area (Å²) in [4.78, 5) is 8.39. The van der Waals surface area contributed by atoms with E-state index in [4.69, 9.17) is 43.8 Å². The predicted molar refractivity (Wildman–Crippen MR) is 133 cm³/mol. The Balaban J connectivity index is 1.27. The van der Waals surface area contributed by atoms with Gasteiger partial charge in [-0.3, -0.25) is 10.4 Å². The van der Waals surface area contributed by atoms with Crippen molar-refractivity contribution in [2.75, 3.05) is 18.8 Å². The fourth-order valence-electron chi connectivity index (χ4n) is 4.58. The molecule has 176 valence electrons. The lowest BCUT2D eigenvalue weighted by Crippen LogP contribution is -2.62. The van der Waals surface area contributed by atoms with Gasteiger partial charge in [0.1, 0.15) is 18.0 Å². The number of nitrogens with one attached hydrogen (secondary N) is 2. The van der Waals surface area contributed by atoms with Gasteiger partial charge in [-0.2, -0.15) is 0 Å². The van der Waals surface area contributed by atoms with Crippen LogP contribution in [0.3, 0.4) is 0 Å². The Kier molecular flexibility index (Phi) is 6.10. The van der Waals surface area contributed by atoms with Crippen LogP contribution in [0.25, 0.3) is 0 Å².